The molecule has 10 heteroatoms. The van der Waals surface area contributed by atoms with Gasteiger partial charge in [-0.05, 0) is 0 Å². The zero-order valence-electron chi connectivity index (χ0n) is 15.6. The average molecular weight is 457 g/mol. The summed E-state index contributed by atoms with van der Waals surface area (Å²) in [7, 11) is 0. The Labute approximate surface area is 185 Å². The number of amides is 2. The van der Waals surface area contributed by atoms with E-state index in [0.717, 1.165) is 26.2 Å². The van der Waals surface area contributed by atoms with Crippen molar-refractivity contribution in [1.82, 2.24) is 19.6 Å². The summed E-state index contributed by atoms with van der Waals surface area (Å²) in [5.74, 6) is 0.169. The predicted molar refractivity (Wildman–Crippen MR) is 125 cm³/mol. The van der Waals surface area contributed by atoms with Crippen molar-refractivity contribution in [3.05, 3.63) is 25.3 Å². The highest BCUT2D eigenvalue weighted by Crippen LogP contribution is 2.29. The molecule has 0 aromatic heterocycles. The van der Waals surface area contributed by atoms with Gasteiger partial charge in [-0.25, -0.2) is 0 Å². The summed E-state index contributed by atoms with van der Waals surface area (Å²) in [6, 6.07) is 0. The topological polar surface area (TPSA) is 47.1 Å². The molecular weight excluding hydrogens is 432 g/mol. The van der Waals surface area contributed by atoms with Crippen LogP contribution >= 0.6 is 48.0 Å². The third kappa shape index (κ3) is 4.85. The SMILES string of the molecule is C=CCN1C(=O)C(CN2CCN(CC3SC(=S)N(CC=C)C3=O)CC2)SC1=S. The molecule has 152 valence electrons. The van der Waals surface area contributed by atoms with Crippen LogP contribution in [0.2, 0.25) is 0 Å². The quantitative estimate of drug-likeness (QED) is 0.402. The first-order valence-corrected chi connectivity index (χ1v) is 11.7. The number of rotatable bonds is 8. The fourth-order valence-corrected chi connectivity index (χ4v) is 6.56. The van der Waals surface area contributed by atoms with Gasteiger partial charge in [-0.1, -0.05) is 60.1 Å². The van der Waals surface area contributed by atoms with E-state index >= 15 is 0 Å². The van der Waals surface area contributed by atoms with E-state index in [2.05, 4.69) is 23.0 Å². The summed E-state index contributed by atoms with van der Waals surface area (Å²) in [5, 5.41) is -0.258. The Bertz CT molecular complexity index is 635. The monoisotopic (exact) mass is 456 g/mol. The zero-order valence-corrected chi connectivity index (χ0v) is 18.9. The van der Waals surface area contributed by atoms with Gasteiger partial charge in [0.15, 0.2) is 0 Å². The van der Waals surface area contributed by atoms with Crippen molar-refractivity contribution >= 4 is 68.4 Å². The zero-order chi connectivity index (χ0) is 20.3. The van der Waals surface area contributed by atoms with E-state index in [0.29, 0.717) is 34.8 Å². The highest BCUT2D eigenvalue weighted by atomic mass is 32.2. The molecule has 0 bridgehead atoms. The van der Waals surface area contributed by atoms with Crippen molar-refractivity contribution in [2.75, 3.05) is 52.4 Å². The van der Waals surface area contributed by atoms with Crippen molar-refractivity contribution < 1.29 is 9.59 Å². The molecule has 0 aliphatic carbocycles. The van der Waals surface area contributed by atoms with Gasteiger partial charge < -0.3 is 0 Å². The Morgan fingerprint density at radius 3 is 1.50 bits per heavy atom. The average Bonchev–Trinajstić information content (AvgIpc) is 3.08. The molecule has 6 nitrogen and oxygen atoms in total. The first-order valence-electron chi connectivity index (χ1n) is 9.15. The molecule has 0 N–H and O–H groups in total. The lowest BCUT2D eigenvalue weighted by Gasteiger charge is -2.36. The van der Waals surface area contributed by atoms with Crippen molar-refractivity contribution in [2.45, 2.75) is 10.5 Å². The van der Waals surface area contributed by atoms with E-state index in [9.17, 15) is 9.59 Å². The molecule has 3 heterocycles. The highest BCUT2D eigenvalue weighted by molar-refractivity contribution is 8.24. The molecule has 0 saturated carbocycles. The summed E-state index contributed by atoms with van der Waals surface area (Å²) < 4.78 is 1.29. The maximum absolute atomic E-state index is 12.5. The number of hydrogen-bond donors (Lipinski definition) is 0. The maximum atomic E-state index is 12.5. The first kappa shape index (κ1) is 21.9. The second kappa shape index (κ2) is 9.82. The van der Waals surface area contributed by atoms with Crippen LogP contribution in [0.4, 0.5) is 0 Å². The standard InChI is InChI=1S/C18H24N4O2S4/c1-3-5-21-15(23)13(27-17(21)25)11-19-7-9-20(10-8-19)12-14-16(24)22(6-4-2)18(26)28-14/h3-4,13-14H,1-2,5-12H2. The van der Waals surface area contributed by atoms with Crippen LogP contribution in [0.25, 0.3) is 0 Å². The Hall–Kier alpha value is -0.780. The third-order valence-electron chi connectivity index (χ3n) is 4.95. The van der Waals surface area contributed by atoms with Gasteiger partial charge >= 0.3 is 0 Å². The molecule has 2 unspecified atom stereocenters. The van der Waals surface area contributed by atoms with Gasteiger partial charge in [-0.15, -0.1) is 13.2 Å². The van der Waals surface area contributed by atoms with Crippen molar-refractivity contribution in [1.29, 1.82) is 0 Å². The van der Waals surface area contributed by atoms with Crippen LogP contribution in [0.1, 0.15) is 0 Å². The Balaban J connectivity index is 1.45. The van der Waals surface area contributed by atoms with E-state index in [1.807, 2.05) is 0 Å². The largest absolute Gasteiger partial charge is 0.299 e. The number of piperazine rings is 1. The van der Waals surface area contributed by atoms with Gasteiger partial charge in [0.05, 0.1) is 0 Å². The molecule has 0 aromatic carbocycles. The molecule has 28 heavy (non-hydrogen) atoms. The molecule has 3 fully saturated rings. The first-order chi connectivity index (χ1) is 13.4. The minimum absolute atomic E-state index is 0.0844. The predicted octanol–water partition coefficient (Wildman–Crippen LogP) is 1.43. The van der Waals surface area contributed by atoms with Gasteiger partial charge in [-0.2, -0.15) is 0 Å². The number of carbonyl (C=O) groups excluding carboxylic acids is 2. The van der Waals surface area contributed by atoms with Gasteiger partial charge in [0.25, 0.3) is 0 Å². The summed E-state index contributed by atoms with van der Waals surface area (Å²) in [5.41, 5.74) is 0. The molecule has 0 spiro atoms. The number of thioether (sulfide) groups is 2. The molecule has 3 aliphatic rings. The van der Waals surface area contributed by atoms with Crippen molar-refractivity contribution in [3.63, 3.8) is 0 Å². The fourth-order valence-electron chi connectivity index (χ4n) is 3.44. The molecule has 2 amide bonds. The lowest BCUT2D eigenvalue weighted by molar-refractivity contribution is -0.127. The Morgan fingerprint density at radius 1 is 0.821 bits per heavy atom. The smallest absolute Gasteiger partial charge is 0.243 e. The lowest BCUT2D eigenvalue weighted by Crippen LogP contribution is -2.51. The van der Waals surface area contributed by atoms with Crippen LogP contribution < -0.4 is 0 Å². The van der Waals surface area contributed by atoms with Crippen LogP contribution in [-0.4, -0.2) is 103 Å². The molecule has 0 aromatic rings. The molecule has 0 radical (unpaired) electrons. The molecule has 3 rings (SSSR count). The van der Waals surface area contributed by atoms with Crippen LogP contribution in [0.15, 0.2) is 25.3 Å². The third-order valence-corrected chi connectivity index (χ3v) is 8.08. The van der Waals surface area contributed by atoms with Crippen molar-refractivity contribution in [3.8, 4) is 0 Å². The second-order valence-electron chi connectivity index (χ2n) is 6.82. The fraction of sp³-hybridized carbons (Fsp3) is 0.556. The van der Waals surface area contributed by atoms with Crippen molar-refractivity contribution in [2.24, 2.45) is 0 Å². The molecule has 3 aliphatic heterocycles. The Morgan fingerprint density at radius 2 is 1.18 bits per heavy atom. The summed E-state index contributed by atoms with van der Waals surface area (Å²) >= 11 is 13.6. The number of hydrogen-bond acceptors (Lipinski definition) is 8. The van der Waals surface area contributed by atoms with Crippen LogP contribution in [0.3, 0.4) is 0 Å². The molecule has 3 saturated heterocycles. The van der Waals surface area contributed by atoms with E-state index in [1.165, 1.54) is 23.5 Å². The molecular formula is C18H24N4O2S4. The van der Waals surface area contributed by atoms with Gasteiger partial charge in [-0.3, -0.25) is 29.2 Å². The minimum Gasteiger partial charge on any atom is -0.299 e. The number of nitrogens with zero attached hydrogens (tertiary/aromatic N) is 4. The minimum atomic E-state index is -0.129. The summed E-state index contributed by atoms with van der Waals surface area (Å²) in [6.07, 6.45) is 3.41. The van der Waals surface area contributed by atoms with E-state index < -0.39 is 0 Å². The summed E-state index contributed by atoms with van der Waals surface area (Å²) in [6.45, 7) is 13.3. The Kier molecular flexibility index (Phi) is 7.68. The van der Waals surface area contributed by atoms with Gasteiger partial charge in [0.1, 0.15) is 19.1 Å². The number of thiocarbonyl (C=S) groups is 2. The van der Waals surface area contributed by atoms with E-state index in [-0.39, 0.29) is 22.3 Å². The normalized spacial score (nSPS) is 27.1. The highest BCUT2D eigenvalue weighted by Gasteiger charge is 2.39. The van der Waals surface area contributed by atoms with E-state index in [4.69, 9.17) is 24.4 Å². The van der Waals surface area contributed by atoms with Gasteiger partial charge in [0.2, 0.25) is 11.8 Å². The van der Waals surface area contributed by atoms with Gasteiger partial charge in [0, 0.05) is 52.4 Å². The molecule has 2 atom stereocenters. The summed E-state index contributed by atoms with van der Waals surface area (Å²) in [4.78, 5) is 32.9. The maximum Gasteiger partial charge on any atom is 0.243 e. The van der Waals surface area contributed by atoms with Crippen LogP contribution in [0, 0.1) is 0 Å². The van der Waals surface area contributed by atoms with Crippen LogP contribution in [-0.2, 0) is 9.59 Å². The van der Waals surface area contributed by atoms with E-state index in [1.54, 1.807) is 22.0 Å². The number of carbonyl (C=O) groups is 2. The lowest BCUT2D eigenvalue weighted by atomic mass is 10.2. The van der Waals surface area contributed by atoms with Crippen LogP contribution in [0.5, 0.6) is 0 Å². The second-order valence-corrected chi connectivity index (χ2v) is 10.5.